The van der Waals surface area contributed by atoms with Crippen LogP contribution >= 0.6 is 11.6 Å². The van der Waals surface area contributed by atoms with E-state index in [0.29, 0.717) is 10.8 Å². The molecule has 1 aliphatic heterocycles. The van der Waals surface area contributed by atoms with E-state index in [1.165, 1.54) is 23.9 Å². The highest BCUT2D eigenvalue weighted by atomic mass is 35.5. The van der Waals surface area contributed by atoms with Crippen LogP contribution in [0.2, 0.25) is 5.02 Å². The molecular formula is C17H16ClF3N4O3. The van der Waals surface area contributed by atoms with E-state index in [1.807, 2.05) is 6.92 Å². The Balaban J connectivity index is 1.76. The molecule has 2 aromatic rings. The van der Waals surface area contributed by atoms with Gasteiger partial charge in [0, 0.05) is 18.3 Å². The summed E-state index contributed by atoms with van der Waals surface area (Å²) in [6.07, 6.45) is -4.54. The molecule has 1 amide bonds. The molecule has 0 bridgehead atoms. The summed E-state index contributed by atoms with van der Waals surface area (Å²) in [5.74, 6) is -0.778. The fraction of sp³-hybridized carbons (Fsp3) is 0.353. The van der Waals surface area contributed by atoms with Crippen LogP contribution in [-0.2, 0) is 6.73 Å². The van der Waals surface area contributed by atoms with E-state index < -0.39 is 24.2 Å². The third kappa shape index (κ3) is 3.69. The molecule has 0 radical (unpaired) electrons. The zero-order chi connectivity index (χ0) is 20.7. The van der Waals surface area contributed by atoms with Crippen molar-refractivity contribution < 1.29 is 27.8 Å². The lowest BCUT2D eigenvalue weighted by atomic mass is 10.1. The van der Waals surface area contributed by atoms with Gasteiger partial charge in [-0.3, -0.25) is 4.79 Å². The first-order chi connectivity index (χ1) is 13.0. The second-order valence-electron chi connectivity index (χ2n) is 6.39. The molecule has 2 heterocycles. The third-order valence-electron chi connectivity index (χ3n) is 4.07. The molecule has 1 aromatic carbocycles. The number of alkyl halides is 3. The molecule has 7 nitrogen and oxygen atoms in total. The van der Waals surface area contributed by atoms with E-state index in [1.54, 1.807) is 18.2 Å². The maximum atomic E-state index is 13.3. The SMILES string of the molecule is CC1=NN(C(=O)c2ccn(COc3cc(C)ccc3Cl)n2)[C@@](O)(C(F)(F)F)C1. The summed E-state index contributed by atoms with van der Waals surface area (Å²) in [5, 5.41) is 17.8. The molecule has 150 valence electrons. The molecule has 0 unspecified atom stereocenters. The number of aromatic nitrogens is 2. The monoisotopic (exact) mass is 416 g/mol. The summed E-state index contributed by atoms with van der Waals surface area (Å²) < 4.78 is 46.5. The lowest BCUT2D eigenvalue weighted by Crippen LogP contribution is -2.56. The number of aryl methyl sites for hydroxylation is 1. The molecular weight excluding hydrogens is 401 g/mol. The molecule has 1 aromatic heterocycles. The van der Waals surface area contributed by atoms with Crippen molar-refractivity contribution in [3.8, 4) is 5.75 Å². The number of nitrogens with zero attached hydrogens (tertiary/aromatic N) is 4. The van der Waals surface area contributed by atoms with E-state index in [-0.39, 0.29) is 23.1 Å². The molecule has 3 rings (SSSR count). The summed E-state index contributed by atoms with van der Waals surface area (Å²) in [6.45, 7) is 3.03. The second kappa shape index (κ2) is 7.10. The molecule has 0 fully saturated rings. The number of hydrazone groups is 1. The van der Waals surface area contributed by atoms with Crippen LogP contribution in [0.5, 0.6) is 5.75 Å². The molecule has 0 saturated carbocycles. The van der Waals surface area contributed by atoms with Crippen LogP contribution in [0.3, 0.4) is 0 Å². The minimum absolute atomic E-state index is 0.0211. The number of hydrogen-bond donors (Lipinski definition) is 1. The number of amides is 1. The van der Waals surface area contributed by atoms with Gasteiger partial charge in [-0.2, -0.15) is 28.4 Å². The molecule has 1 aliphatic rings. The second-order valence-corrected chi connectivity index (χ2v) is 6.80. The highest BCUT2D eigenvalue weighted by Crippen LogP contribution is 2.40. The predicted molar refractivity (Wildman–Crippen MR) is 93.9 cm³/mol. The van der Waals surface area contributed by atoms with Crippen molar-refractivity contribution in [2.24, 2.45) is 5.10 Å². The zero-order valence-electron chi connectivity index (χ0n) is 14.9. The predicted octanol–water partition coefficient (Wildman–Crippen LogP) is 3.35. The van der Waals surface area contributed by atoms with Crippen LogP contribution in [0.15, 0.2) is 35.6 Å². The number of benzene rings is 1. The minimum atomic E-state index is -5.07. The van der Waals surface area contributed by atoms with E-state index in [0.717, 1.165) is 5.56 Å². The maximum Gasteiger partial charge on any atom is 0.438 e. The number of halogens is 4. The van der Waals surface area contributed by atoms with Gasteiger partial charge in [-0.1, -0.05) is 17.7 Å². The van der Waals surface area contributed by atoms with Gasteiger partial charge in [-0.15, -0.1) is 0 Å². The summed E-state index contributed by atoms with van der Waals surface area (Å²) in [5.41, 5.74) is -2.82. The highest BCUT2D eigenvalue weighted by molar-refractivity contribution is 6.32. The summed E-state index contributed by atoms with van der Waals surface area (Å²) >= 11 is 6.03. The van der Waals surface area contributed by atoms with Crippen molar-refractivity contribution >= 4 is 23.2 Å². The molecule has 0 saturated heterocycles. The molecule has 0 aliphatic carbocycles. The van der Waals surface area contributed by atoms with Crippen LogP contribution in [0.25, 0.3) is 0 Å². The number of rotatable bonds is 4. The number of carbonyl (C=O) groups excluding carboxylic acids is 1. The van der Waals surface area contributed by atoms with Crippen molar-refractivity contribution in [3.63, 3.8) is 0 Å². The number of carbonyl (C=O) groups is 1. The minimum Gasteiger partial charge on any atom is -0.470 e. The van der Waals surface area contributed by atoms with E-state index in [4.69, 9.17) is 16.3 Å². The van der Waals surface area contributed by atoms with Gasteiger partial charge >= 0.3 is 6.18 Å². The van der Waals surface area contributed by atoms with Crippen molar-refractivity contribution in [2.45, 2.75) is 38.9 Å². The summed E-state index contributed by atoms with van der Waals surface area (Å²) in [7, 11) is 0. The molecule has 1 N–H and O–H groups in total. The standard InChI is InChI=1S/C17H16ClF3N4O3/c1-10-3-4-12(18)14(7-10)28-9-24-6-5-13(23-24)15(26)25-16(27,17(19,20)21)8-11(2)22-25/h3-7,27H,8-9H2,1-2H3/t16-/m0/s1. The summed E-state index contributed by atoms with van der Waals surface area (Å²) in [6, 6.07) is 6.39. The molecule has 28 heavy (non-hydrogen) atoms. The molecule has 11 heteroatoms. The highest BCUT2D eigenvalue weighted by Gasteiger charge is 2.63. The van der Waals surface area contributed by atoms with Gasteiger partial charge < -0.3 is 9.84 Å². The topological polar surface area (TPSA) is 80.0 Å². The first-order valence-electron chi connectivity index (χ1n) is 8.11. The number of ether oxygens (including phenoxy) is 1. The maximum absolute atomic E-state index is 13.3. The average Bonchev–Trinajstić information content (AvgIpc) is 3.19. The van der Waals surface area contributed by atoms with Crippen LogP contribution < -0.4 is 4.74 Å². The first-order valence-corrected chi connectivity index (χ1v) is 8.49. The van der Waals surface area contributed by atoms with Gasteiger partial charge in [0.2, 0.25) is 0 Å². The quantitative estimate of drug-likeness (QED) is 0.828. The van der Waals surface area contributed by atoms with Crippen LogP contribution in [-0.4, -0.2) is 43.4 Å². The Morgan fingerprint density at radius 2 is 2.07 bits per heavy atom. The fourth-order valence-corrected chi connectivity index (χ4v) is 2.84. The van der Waals surface area contributed by atoms with E-state index in [9.17, 15) is 23.1 Å². The Labute approximate surface area is 163 Å². The lowest BCUT2D eigenvalue weighted by Gasteiger charge is -2.32. The van der Waals surface area contributed by atoms with Gasteiger partial charge in [0.05, 0.1) is 5.02 Å². The first kappa shape index (κ1) is 20.2. The molecule has 1 atom stereocenters. The van der Waals surface area contributed by atoms with Gasteiger partial charge in [0.15, 0.2) is 12.4 Å². The Morgan fingerprint density at radius 1 is 1.36 bits per heavy atom. The van der Waals surface area contributed by atoms with Crippen molar-refractivity contribution in [3.05, 3.63) is 46.7 Å². The van der Waals surface area contributed by atoms with Crippen LogP contribution in [0.1, 0.15) is 29.4 Å². The lowest BCUT2D eigenvalue weighted by molar-refractivity contribution is -0.297. The Bertz CT molecular complexity index is 944. The number of hydrogen-bond acceptors (Lipinski definition) is 5. The largest absolute Gasteiger partial charge is 0.470 e. The number of aliphatic hydroxyl groups is 1. The Hall–Kier alpha value is -2.59. The van der Waals surface area contributed by atoms with Crippen LogP contribution in [0.4, 0.5) is 13.2 Å². The average molecular weight is 417 g/mol. The smallest absolute Gasteiger partial charge is 0.438 e. The van der Waals surface area contributed by atoms with Gasteiger partial charge in [-0.05, 0) is 37.6 Å². The molecule has 0 spiro atoms. The summed E-state index contributed by atoms with van der Waals surface area (Å²) in [4.78, 5) is 12.5. The van der Waals surface area contributed by atoms with Gasteiger partial charge in [0.25, 0.3) is 11.6 Å². The fourth-order valence-electron chi connectivity index (χ4n) is 2.67. The Kier molecular flexibility index (Phi) is 5.11. The normalized spacial score (nSPS) is 19.7. The van der Waals surface area contributed by atoms with Gasteiger partial charge in [-0.25, -0.2) is 4.68 Å². The van der Waals surface area contributed by atoms with Crippen molar-refractivity contribution in [1.82, 2.24) is 14.8 Å². The van der Waals surface area contributed by atoms with Crippen molar-refractivity contribution in [2.75, 3.05) is 0 Å². The van der Waals surface area contributed by atoms with Crippen LogP contribution in [0, 0.1) is 6.92 Å². The van der Waals surface area contributed by atoms with E-state index in [2.05, 4.69) is 10.2 Å². The zero-order valence-corrected chi connectivity index (χ0v) is 15.6. The van der Waals surface area contributed by atoms with Crippen molar-refractivity contribution in [1.29, 1.82) is 0 Å². The Morgan fingerprint density at radius 3 is 2.75 bits per heavy atom. The van der Waals surface area contributed by atoms with E-state index >= 15 is 0 Å². The van der Waals surface area contributed by atoms with Gasteiger partial charge in [0.1, 0.15) is 5.75 Å². The third-order valence-corrected chi connectivity index (χ3v) is 4.38.